The van der Waals surface area contributed by atoms with Gasteiger partial charge in [0, 0.05) is 0 Å². The first-order chi connectivity index (χ1) is 2.91. The number of rotatable bonds is 0. The van der Waals surface area contributed by atoms with Crippen molar-refractivity contribution in [3.63, 3.8) is 0 Å². The normalized spacial score (nSPS) is 5.25. The van der Waals surface area contributed by atoms with E-state index in [0.29, 0.717) is 0 Å². The van der Waals surface area contributed by atoms with Gasteiger partial charge in [-0.05, 0) is 0 Å². The molecule has 48 valence electrons. The summed E-state index contributed by atoms with van der Waals surface area (Å²) in [6.07, 6.45) is 12.1. The Morgan fingerprint density at radius 2 is 1.12 bits per heavy atom. The third kappa shape index (κ3) is 17.1. The minimum Gasteiger partial charge on any atom is -0.665 e. The standard InChI is InChI=1S/C4N2.2Cu/c1-3-5-6-4-2;;/q-2;2*+1. The van der Waals surface area contributed by atoms with Crippen LogP contribution in [0, 0.1) is 24.9 Å². The van der Waals surface area contributed by atoms with Gasteiger partial charge in [0.15, 0.2) is 0 Å². The molecule has 0 aromatic heterocycles. The zero-order valence-corrected chi connectivity index (χ0v) is 5.38. The van der Waals surface area contributed by atoms with Crippen LogP contribution < -0.4 is 0 Å². The predicted molar refractivity (Wildman–Crippen MR) is 19.1 cm³/mol. The second kappa shape index (κ2) is 15.9. The zero-order valence-electron chi connectivity index (χ0n) is 3.50. The first-order valence-corrected chi connectivity index (χ1v) is 1.15. The molecule has 0 atom stereocenters. The van der Waals surface area contributed by atoms with Crippen molar-refractivity contribution in [2.45, 2.75) is 0 Å². The average Bonchev–Trinajstić information content (AvgIpc) is 1.61. The number of hydrogen-bond acceptors (Lipinski definition) is 2. The summed E-state index contributed by atoms with van der Waals surface area (Å²) in [6.45, 7) is 0. The van der Waals surface area contributed by atoms with Gasteiger partial charge in [-0.3, -0.25) is 0 Å². The summed E-state index contributed by atoms with van der Waals surface area (Å²) < 4.78 is 0. The van der Waals surface area contributed by atoms with Crippen molar-refractivity contribution in [3.05, 3.63) is 12.8 Å². The van der Waals surface area contributed by atoms with Crippen LogP contribution in [0.2, 0.25) is 0 Å². The fourth-order valence-electron chi connectivity index (χ4n) is 0.0500. The maximum absolute atomic E-state index is 6.07. The van der Waals surface area contributed by atoms with Gasteiger partial charge in [0.25, 0.3) is 0 Å². The van der Waals surface area contributed by atoms with E-state index in [1.165, 1.54) is 0 Å². The average molecular weight is 203 g/mol. The van der Waals surface area contributed by atoms with E-state index >= 15 is 0 Å². The third-order valence-corrected chi connectivity index (χ3v) is 0.150. The van der Waals surface area contributed by atoms with Crippen molar-refractivity contribution < 1.29 is 34.1 Å². The van der Waals surface area contributed by atoms with Gasteiger partial charge in [-0.25, -0.2) is 0 Å². The van der Waals surface area contributed by atoms with Crippen LogP contribution in [-0.2, 0) is 34.1 Å². The molecule has 0 N–H and O–H groups in total. The van der Waals surface area contributed by atoms with E-state index in [1.54, 1.807) is 12.1 Å². The molecule has 0 fully saturated rings. The topological polar surface area (TPSA) is 24.7 Å². The van der Waals surface area contributed by atoms with Crippen molar-refractivity contribution >= 4 is 0 Å². The molecule has 2 nitrogen and oxygen atoms in total. The summed E-state index contributed by atoms with van der Waals surface area (Å²) in [5.41, 5.74) is 0. The monoisotopic (exact) mass is 202 g/mol. The van der Waals surface area contributed by atoms with E-state index in [4.69, 9.17) is 12.8 Å². The number of nitrogens with zero attached hydrogens (tertiary/aromatic N) is 2. The van der Waals surface area contributed by atoms with Gasteiger partial charge in [-0.2, -0.15) is 12.1 Å². The van der Waals surface area contributed by atoms with Crippen LogP contribution in [0.15, 0.2) is 10.2 Å². The van der Waals surface area contributed by atoms with Crippen LogP contribution >= 0.6 is 0 Å². The maximum Gasteiger partial charge on any atom is 1.00 e. The van der Waals surface area contributed by atoms with Crippen LogP contribution in [0.25, 0.3) is 0 Å². The minimum absolute atomic E-state index is 0. The van der Waals surface area contributed by atoms with Crippen molar-refractivity contribution in [1.82, 2.24) is 0 Å². The van der Waals surface area contributed by atoms with Gasteiger partial charge >= 0.3 is 34.1 Å². The molecule has 0 unspecified atom stereocenters. The van der Waals surface area contributed by atoms with E-state index < -0.39 is 0 Å². The van der Waals surface area contributed by atoms with Crippen molar-refractivity contribution in [2.24, 2.45) is 10.2 Å². The SMILES string of the molecule is [C-]#CN=NC#[C-].[Cu+].[Cu+]. The minimum atomic E-state index is 0. The van der Waals surface area contributed by atoms with Gasteiger partial charge in [-0.15, -0.1) is 10.2 Å². The molecule has 4 heteroatoms. The summed E-state index contributed by atoms with van der Waals surface area (Å²) in [5, 5.41) is 5.67. The molecule has 0 spiro atoms. The molecule has 0 saturated heterocycles. The van der Waals surface area contributed by atoms with Crippen LogP contribution in [-0.4, -0.2) is 0 Å². The third-order valence-electron chi connectivity index (χ3n) is 0.150. The Morgan fingerprint density at radius 1 is 0.875 bits per heavy atom. The summed E-state index contributed by atoms with van der Waals surface area (Å²) in [6, 6.07) is 3.19. The van der Waals surface area contributed by atoms with E-state index in [-0.39, 0.29) is 34.1 Å². The van der Waals surface area contributed by atoms with Gasteiger partial charge in [-0.1, -0.05) is 0 Å². The molecule has 0 aliphatic heterocycles. The molecule has 0 aromatic rings. The van der Waals surface area contributed by atoms with Gasteiger partial charge in [0.2, 0.25) is 0 Å². The number of azo groups is 1. The fraction of sp³-hybridized carbons (Fsp3) is 0. The largest absolute Gasteiger partial charge is 1.00 e. The van der Waals surface area contributed by atoms with Crippen LogP contribution in [0.3, 0.4) is 0 Å². The molecule has 0 radical (unpaired) electrons. The Bertz CT molecular complexity index is 112. The van der Waals surface area contributed by atoms with Crippen LogP contribution in [0.1, 0.15) is 0 Å². The second-order valence-electron chi connectivity index (χ2n) is 0.424. The zero-order chi connectivity index (χ0) is 4.83. The van der Waals surface area contributed by atoms with Crippen molar-refractivity contribution in [1.29, 1.82) is 0 Å². The summed E-state index contributed by atoms with van der Waals surface area (Å²) in [7, 11) is 0. The van der Waals surface area contributed by atoms with E-state index in [1.807, 2.05) is 0 Å². The van der Waals surface area contributed by atoms with Gasteiger partial charge in [0.1, 0.15) is 0 Å². The predicted octanol–water partition coefficient (Wildman–Crippen LogP) is 0.528. The Balaban J connectivity index is -0.000000125. The molecule has 0 aliphatic carbocycles. The van der Waals surface area contributed by atoms with Gasteiger partial charge in [0.05, 0.1) is 0 Å². The molecule has 8 heavy (non-hydrogen) atoms. The van der Waals surface area contributed by atoms with Crippen molar-refractivity contribution in [3.8, 4) is 12.1 Å². The Kier molecular flexibility index (Phi) is 31.0. The van der Waals surface area contributed by atoms with Gasteiger partial charge < -0.3 is 12.8 Å². The molecule has 0 saturated carbocycles. The quantitative estimate of drug-likeness (QED) is 0.237. The van der Waals surface area contributed by atoms with E-state index in [2.05, 4.69) is 10.2 Å². The first kappa shape index (κ1) is 15.7. The summed E-state index contributed by atoms with van der Waals surface area (Å²) in [4.78, 5) is 0. The molecule has 0 bridgehead atoms. The van der Waals surface area contributed by atoms with Crippen molar-refractivity contribution in [2.75, 3.05) is 0 Å². The summed E-state index contributed by atoms with van der Waals surface area (Å²) in [5.74, 6) is 0. The van der Waals surface area contributed by atoms with Crippen LogP contribution in [0.4, 0.5) is 0 Å². The molecular formula is C4Cu2N2. The first-order valence-electron chi connectivity index (χ1n) is 1.15. The second-order valence-corrected chi connectivity index (χ2v) is 0.424. The maximum atomic E-state index is 6.07. The molecule has 0 rings (SSSR count). The smallest absolute Gasteiger partial charge is 0.665 e. The number of hydrogen-bond donors (Lipinski definition) is 0. The summed E-state index contributed by atoms with van der Waals surface area (Å²) >= 11 is 0. The van der Waals surface area contributed by atoms with E-state index in [0.717, 1.165) is 0 Å². The molecular weight excluding hydrogens is 203 g/mol. The molecule has 0 aromatic carbocycles. The molecule has 0 amide bonds. The fourth-order valence-corrected chi connectivity index (χ4v) is 0.0500. The van der Waals surface area contributed by atoms with E-state index in [9.17, 15) is 0 Å². The Labute approximate surface area is 69.5 Å². The molecule has 0 heterocycles. The molecule has 0 aliphatic rings. The Hall–Kier alpha value is -0.241. The Morgan fingerprint density at radius 3 is 1.25 bits per heavy atom. The van der Waals surface area contributed by atoms with Crippen LogP contribution in [0.5, 0.6) is 0 Å².